The number of fused-ring (bicyclic) bond motifs is 1. The van der Waals surface area contributed by atoms with Crippen molar-refractivity contribution in [2.24, 2.45) is 0 Å². The number of hydrogen-bond acceptors (Lipinski definition) is 6. The summed E-state index contributed by atoms with van der Waals surface area (Å²) in [6.07, 6.45) is 0.0406. The largest absolute Gasteiger partial charge is 0.477 e. The van der Waals surface area contributed by atoms with Gasteiger partial charge in [-0.25, -0.2) is 0 Å². The molecule has 0 unspecified atom stereocenters. The number of ether oxygens (including phenoxy) is 1. The maximum absolute atomic E-state index is 12.7. The summed E-state index contributed by atoms with van der Waals surface area (Å²) in [7, 11) is 3.74. The van der Waals surface area contributed by atoms with Gasteiger partial charge < -0.3 is 19.1 Å². The molecular weight excluding hydrogens is 320 g/mol. The van der Waals surface area contributed by atoms with E-state index in [1.54, 1.807) is 11.9 Å². The van der Waals surface area contributed by atoms with Crippen molar-refractivity contribution in [3.8, 4) is 5.75 Å². The average molecular weight is 344 g/mol. The van der Waals surface area contributed by atoms with Gasteiger partial charge >= 0.3 is 0 Å². The fourth-order valence-electron chi connectivity index (χ4n) is 2.77. The molecule has 0 radical (unpaired) electrons. The van der Waals surface area contributed by atoms with Crippen molar-refractivity contribution < 1.29 is 14.1 Å². The number of hydrogen-bond donors (Lipinski definition) is 0. The van der Waals surface area contributed by atoms with E-state index in [0.717, 1.165) is 11.4 Å². The Balaban J connectivity index is 1.59. The minimum absolute atomic E-state index is 0.0473. The molecule has 1 aliphatic rings. The highest BCUT2D eigenvalue weighted by Gasteiger charge is 2.30. The predicted molar refractivity (Wildman–Crippen MR) is 93.9 cm³/mol. The van der Waals surface area contributed by atoms with Crippen LogP contribution in [0.3, 0.4) is 0 Å². The SMILES string of the molecule is CC(C)c1nc(CCN(C)C(=O)[C@H]2CN(C)c3ccccc3O2)no1. The first-order valence-corrected chi connectivity index (χ1v) is 8.50. The highest BCUT2D eigenvalue weighted by Crippen LogP contribution is 2.32. The summed E-state index contributed by atoms with van der Waals surface area (Å²) >= 11 is 0. The molecule has 2 heterocycles. The van der Waals surface area contributed by atoms with Crippen molar-refractivity contribution in [2.75, 3.05) is 32.1 Å². The Hall–Kier alpha value is -2.57. The maximum atomic E-state index is 12.7. The molecule has 0 saturated heterocycles. The summed E-state index contributed by atoms with van der Waals surface area (Å²) < 4.78 is 11.1. The fraction of sp³-hybridized carbons (Fsp3) is 0.500. The second-order valence-corrected chi connectivity index (χ2v) is 6.67. The van der Waals surface area contributed by atoms with Gasteiger partial charge in [-0.3, -0.25) is 4.79 Å². The molecule has 0 bridgehead atoms. The molecule has 0 fully saturated rings. The summed E-state index contributed by atoms with van der Waals surface area (Å²) in [4.78, 5) is 20.7. The van der Waals surface area contributed by atoms with E-state index in [-0.39, 0.29) is 11.8 Å². The molecule has 0 spiro atoms. The van der Waals surface area contributed by atoms with Crippen molar-refractivity contribution in [1.29, 1.82) is 0 Å². The Morgan fingerprint density at radius 3 is 2.88 bits per heavy atom. The molecule has 0 N–H and O–H groups in total. The van der Waals surface area contributed by atoms with E-state index in [9.17, 15) is 4.79 Å². The lowest BCUT2D eigenvalue weighted by molar-refractivity contribution is -0.137. The third-order valence-electron chi connectivity index (χ3n) is 4.29. The van der Waals surface area contributed by atoms with Crippen LogP contribution in [-0.4, -0.2) is 54.2 Å². The molecule has 25 heavy (non-hydrogen) atoms. The molecule has 7 heteroatoms. The lowest BCUT2D eigenvalue weighted by atomic mass is 10.2. The van der Waals surface area contributed by atoms with E-state index < -0.39 is 6.10 Å². The predicted octanol–water partition coefficient (Wildman–Crippen LogP) is 2.09. The van der Waals surface area contributed by atoms with Crippen molar-refractivity contribution in [3.63, 3.8) is 0 Å². The number of benzene rings is 1. The van der Waals surface area contributed by atoms with Crippen LogP contribution in [0.5, 0.6) is 5.75 Å². The number of aromatic nitrogens is 2. The third kappa shape index (κ3) is 3.75. The van der Waals surface area contributed by atoms with Gasteiger partial charge in [0.05, 0.1) is 12.2 Å². The van der Waals surface area contributed by atoms with E-state index in [4.69, 9.17) is 9.26 Å². The quantitative estimate of drug-likeness (QED) is 0.827. The monoisotopic (exact) mass is 344 g/mol. The standard InChI is InChI=1S/C18H24N4O3/c1-12(2)17-19-16(20-25-17)9-10-21(3)18(23)15-11-22(4)13-7-5-6-8-14(13)24-15/h5-8,12,15H,9-11H2,1-4H3/t15-/m1/s1. The normalized spacial score (nSPS) is 16.5. The Kier molecular flexibility index (Phi) is 4.92. The number of carbonyl (C=O) groups excluding carboxylic acids is 1. The zero-order valence-corrected chi connectivity index (χ0v) is 15.1. The maximum Gasteiger partial charge on any atom is 0.265 e. The van der Waals surface area contributed by atoms with E-state index in [1.807, 2.05) is 50.1 Å². The Morgan fingerprint density at radius 2 is 2.16 bits per heavy atom. The van der Waals surface area contributed by atoms with Crippen LogP contribution in [0.2, 0.25) is 0 Å². The molecule has 1 amide bonds. The second-order valence-electron chi connectivity index (χ2n) is 6.67. The number of anilines is 1. The van der Waals surface area contributed by atoms with Gasteiger partial charge in [0.15, 0.2) is 11.9 Å². The first-order chi connectivity index (χ1) is 12.0. The molecule has 7 nitrogen and oxygen atoms in total. The molecule has 0 saturated carbocycles. The van der Waals surface area contributed by atoms with Gasteiger partial charge in [-0.05, 0) is 12.1 Å². The minimum atomic E-state index is -0.513. The molecule has 1 aromatic carbocycles. The fourth-order valence-corrected chi connectivity index (χ4v) is 2.77. The smallest absolute Gasteiger partial charge is 0.265 e. The van der Waals surface area contributed by atoms with Gasteiger partial charge in [-0.15, -0.1) is 0 Å². The first-order valence-electron chi connectivity index (χ1n) is 8.50. The van der Waals surface area contributed by atoms with E-state index in [1.165, 1.54) is 0 Å². The molecule has 1 atom stereocenters. The number of carbonyl (C=O) groups is 1. The Labute approximate surface area is 147 Å². The number of likely N-dealkylation sites (N-methyl/N-ethyl adjacent to an activating group) is 2. The van der Waals surface area contributed by atoms with E-state index >= 15 is 0 Å². The van der Waals surface area contributed by atoms with Crippen LogP contribution in [0, 0.1) is 0 Å². The number of para-hydroxylation sites is 2. The van der Waals surface area contributed by atoms with Crippen molar-refractivity contribution in [3.05, 3.63) is 36.0 Å². The van der Waals surface area contributed by atoms with Crippen molar-refractivity contribution >= 4 is 11.6 Å². The molecule has 1 aromatic heterocycles. The number of rotatable bonds is 5. The van der Waals surface area contributed by atoms with Crippen LogP contribution in [0.4, 0.5) is 5.69 Å². The van der Waals surface area contributed by atoms with Gasteiger partial charge in [0, 0.05) is 33.0 Å². The summed E-state index contributed by atoms with van der Waals surface area (Å²) in [6.45, 7) is 5.05. The van der Waals surface area contributed by atoms with Crippen LogP contribution >= 0.6 is 0 Å². The molecule has 3 rings (SSSR count). The van der Waals surface area contributed by atoms with E-state index in [2.05, 4.69) is 10.1 Å². The lowest BCUT2D eigenvalue weighted by Gasteiger charge is -2.34. The first kappa shape index (κ1) is 17.3. The third-order valence-corrected chi connectivity index (χ3v) is 4.29. The molecule has 2 aromatic rings. The van der Waals surface area contributed by atoms with Gasteiger partial charge in [0.1, 0.15) is 5.75 Å². The Bertz CT molecular complexity index is 743. The van der Waals surface area contributed by atoms with Gasteiger partial charge in [0.2, 0.25) is 5.89 Å². The van der Waals surface area contributed by atoms with Crippen molar-refractivity contribution in [1.82, 2.24) is 15.0 Å². The van der Waals surface area contributed by atoms with E-state index in [0.29, 0.717) is 31.2 Å². The second kappa shape index (κ2) is 7.13. The van der Waals surface area contributed by atoms with Gasteiger partial charge in [-0.1, -0.05) is 31.1 Å². The summed E-state index contributed by atoms with van der Waals surface area (Å²) in [5, 5.41) is 3.96. The van der Waals surface area contributed by atoms with Crippen LogP contribution in [-0.2, 0) is 11.2 Å². The zero-order valence-electron chi connectivity index (χ0n) is 15.1. The highest BCUT2D eigenvalue weighted by atomic mass is 16.5. The molecular formula is C18H24N4O3. The van der Waals surface area contributed by atoms with Crippen molar-refractivity contribution in [2.45, 2.75) is 32.3 Å². The number of amides is 1. The Morgan fingerprint density at radius 1 is 1.40 bits per heavy atom. The zero-order chi connectivity index (χ0) is 18.0. The average Bonchev–Trinajstić information content (AvgIpc) is 3.08. The lowest BCUT2D eigenvalue weighted by Crippen LogP contribution is -2.48. The molecule has 1 aliphatic heterocycles. The van der Waals surface area contributed by atoms with Crippen LogP contribution in [0.1, 0.15) is 31.5 Å². The molecule has 0 aliphatic carbocycles. The molecule has 134 valence electrons. The topological polar surface area (TPSA) is 71.7 Å². The summed E-state index contributed by atoms with van der Waals surface area (Å²) in [5.41, 5.74) is 1.00. The minimum Gasteiger partial charge on any atom is -0.477 e. The van der Waals surface area contributed by atoms with Gasteiger partial charge in [-0.2, -0.15) is 4.98 Å². The van der Waals surface area contributed by atoms with Gasteiger partial charge in [0.25, 0.3) is 5.91 Å². The number of nitrogens with zero attached hydrogens (tertiary/aromatic N) is 4. The van der Waals surface area contributed by atoms with Crippen LogP contribution in [0.15, 0.2) is 28.8 Å². The van der Waals surface area contributed by atoms with Crippen LogP contribution < -0.4 is 9.64 Å². The highest BCUT2D eigenvalue weighted by molar-refractivity contribution is 5.83. The van der Waals surface area contributed by atoms with Crippen LogP contribution in [0.25, 0.3) is 0 Å². The summed E-state index contributed by atoms with van der Waals surface area (Å²) in [5.74, 6) is 2.14. The summed E-state index contributed by atoms with van der Waals surface area (Å²) in [6, 6.07) is 7.75.